The Morgan fingerprint density at radius 1 is 0.358 bits per heavy atom. The van der Waals surface area contributed by atoms with Gasteiger partial charge in [0, 0.05) is 22.1 Å². The average molecular weight is 1010 g/mol. The van der Waals surface area contributed by atoms with Crippen LogP contribution in [0.15, 0.2) is 166 Å². The van der Waals surface area contributed by atoms with E-state index in [0.29, 0.717) is 0 Å². The van der Waals surface area contributed by atoms with Gasteiger partial charge in [0.2, 0.25) is 17.8 Å². The van der Waals surface area contributed by atoms with Crippen LogP contribution in [0.3, 0.4) is 0 Å². The molecule has 346 valence electrons. The van der Waals surface area contributed by atoms with Crippen molar-refractivity contribution in [3.05, 3.63) is 121 Å². The van der Waals surface area contributed by atoms with Crippen LogP contribution in [-0.4, -0.2) is 79.8 Å². The first-order valence-corrected chi connectivity index (χ1v) is 25.3. The molecule has 0 fully saturated rings. The van der Waals surface area contributed by atoms with E-state index in [-0.39, 0.29) is 68.4 Å². The van der Waals surface area contributed by atoms with E-state index in [9.17, 15) is 64.9 Å². The van der Waals surface area contributed by atoms with Crippen molar-refractivity contribution in [3.8, 4) is 0 Å². The number of anilines is 6. The van der Waals surface area contributed by atoms with Crippen molar-refractivity contribution in [3.63, 3.8) is 0 Å². The van der Waals surface area contributed by atoms with Crippen molar-refractivity contribution in [2.45, 2.75) is 24.5 Å². The minimum atomic E-state index is -5.00. The third-order valence-electron chi connectivity index (χ3n) is 8.79. The van der Waals surface area contributed by atoms with Crippen molar-refractivity contribution < 1.29 is 64.9 Å². The van der Waals surface area contributed by atoms with E-state index in [0.717, 1.165) is 48.5 Å². The lowest BCUT2D eigenvalue weighted by molar-refractivity contribution is 0.481. The van der Waals surface area contributed by atoms with Crippen molar-refractivity contribution in [1.82, 2.24) is 15.0 Å². The fourth-order valence-electron chi connectivity index (χ4n) is 5.88. The second-order valence-electron chi connectivity index (χ2n) is 13.5. The highest BCUT2D eigenvalue weighted by Crippen LogP contribution is 2.35. The first-order valence-electron chi connectivity index (χ1n) is 18.1. The fraction of sp³-hybridized carbons (Fsp3) is 0. The molecule has 0 saturated heterocycles. The van der Waals surface area contributed by atoms with Crippen LogP contribution in [-0.2, 0) is 50.6 Å². The lowest BCUT2D eigenvalue weighted by Gasteiger charge is -2.13. The van der Waals surface area contributed by atoms with E-state index in [1.54, 1.807) is 0 Å². The van der Waals surface area contributed by atoms with Crippen molar-refractivity contribution in [2.75, 3.05) is 16.0 Å². The number of benzene rings is 6. The normalized spacial score (nSPS) is 12.7. The molecule has 0 aliphatic carbocycles. The molecule has 0 bridgehead atoms. The van der Waals surface area contributed by atoms with Crippen LogP contribution in [0, 0.1) is 0 Å². The lowest BCUT2D eigenvalue weighted by Crippen LogP contribution is -2.09. The van der Waals surface area contributed by atoms with Gasteiger partial charge < -0.3 is 16.0 Å². The predicted molar refractivity (Wildman–Crippen MR) is 237 cm³/mol. The quantitative estimate of drug-likeness (QED) is 0.0368. The number of azo groups is 2. The summed E-state index contributed by atoms with van der Waals surface area (Å²) in [5, 5.41) is 23.7. The molecule has 8 N–H and O–H groups in total. The summed E-state index contributed by atoms with van der Waals surface area (Å²) in [4.78, 5) is 9.83. The van der Waals surface area contributed by atoms with E-state index in [2.05, 4.69) is 51.4 Å². The van der Waals surface area contributed by atoms with Crippen molar-refractivity contribution in [2.24, 2.45) is 20.5 Å². The summed E-state index contributed by atoms with van der Waals surface area (Å²) >= 11 is 0. The molecule has 0 aliphatic heterocycles. The molecule has 0 saturated carbocycles. The van der Waals surface area contributed by atoms with Crippen LogP contribution in [0.2, 0.25) is 0 Å². The summed E-state index contributed by atoms with van der Waals surface area (Å²) in [5.74, 6) is -0.845. The molecule has 0 spiro atoms. The predicted octanol–water partition coefficient (Wildman–Crippen LogP) is 7.32. The van der Waals surface area contributed by atoms with Crippen LogP contribution in [0.1, 0.15) is 0 Å². The van der Waals surface area contributed by atoms with E-state index in [4.69, 9.17) is 0 Å². The van der Waals surface area contributed by atoms with Crippen LogP contribution < -0.4 is 16.0 Å². The van der Waals surface area contributed by atoms with Gasteiger partial charge in [-0.15, -0.1) is 0 Å². The molecule has 30 heteroatoms. The number of hydrogen-bond donors (Lipinski definition) is 8. The number of rotatable bonds is 15. The van der Waals surface area contributed by atoms with Crippen LogP contribution in [0.4, 0.5) is 57.7 Å². The van der Waals surface area contributed by atoms with Gasteiger partial charge in [0.1, 0.15) is 14.7 Å². The summed E-state index contributed by atoms with van der Waals surface area (Å²) in [5.41, 5.74) is 0.0449. The molecule has 25 nitrogen and oxygen atoms in total. The molecule has 0 aliphatic rings. The summed E-state index contributed by atoms with van der Waals surface area (Å²) in [6, 6.07) is 24.1. The standard InChI is InChI=1S/C37H28N10O15S5/c48-63(49,50)27-14-11-23(12-15-27)44-46-25-13-16-31(34(19-25)67(60,61)62)40-37-42-35(41-36(43-37)39-24-3-1-4-28(17-24)64(51,52)53)38-21-7-9-22(10-8-21)45-47-26-18-30-29(33(20-26)66(57,58)59)5-2-6-32(30)65(54,55)56/h1-20H,(H,48,49,50)(H,51,52,53)(H,54,55,56)(H,57,58,59)(H,60,61,62)(H3,38,39,40,41,42,43). The smallest absolute Gasteiger partial charge is 0.296 e. The zero-order chi connectivity index (χ0) is 48.5. The van der Waals surface area contributed by atoms with Gasteiger partial charge in [-0.1, -0.05) is 18.2 Å². The summed E-state index contributed by atoms with van der Waals surface area (Å²) < 4.78 is 168. The van der Waals surface area contributed by atoms with Crippen molar-refractivity contribution in [1.29, 1.82) is 0 Å². The number of fused-ring (bicyclic) bond motifs is 1. The molecule has 67 heavy (non-hydrogen) atoms. The third kappa shape index (κ3) is 12.0. The highest BCUT2D eigenvalue weighted by atomic mass is 32.2. The molecule has 0 atom stereocenters. The van der Waals surface area contributed by atoms with Gasteiger partial charge in [0.05, 0.1) is 38.2 Å². The molecule has 1 aromatic heterocycles. The number of aromatic nitrogens is 3. The van der Waals surface area contributed by atoms with Crippen LogP contribution in [0.25, 0.3) is 10.8 Å². The van der Waals surface area contributed by atoms with E-state index in [1.807, 2.05) is 0 Å². The third-order valence-corrected chi connectivity index (χ3v) is 13.2. The van der Waals surface area contributed by atoms with Gasteiger partial charge in [-0.25, -0.2) is 0 Å². The van der Waals surface area contributed by atoms with E-state index < -0.39 is 75.1 Å². The van der Waals surface area contributed by atoms with Gasteiger partial charge >= 0.3 is 0 Å². The number of nitrogens with zero attached hydrogens (tertiary/aromatic N) is 7. The molecular formula is C37H28N10O15S5. The van der Waals surface area contributed by atoms with Gasteiger partial charge in [0.25, 0.3) is 50.6 Å². The van der Waals surface area contributed by atoms with Crippen molar-refractivity contribution >= 4 is 119 Å². The van der Waals surface area contributed by atoms with E-state index in [1.165, 1.54) is 72.8 Å². The Morgan fingerprint density at radius 3 is 1.40 bits per heavy atom. The Bertz CT molecular complexity index is 3750. The first-order chi connectivity index (χ1) is 31.3. The van der Waals surface area contributed by atoms with Crippen LogP contribution in [0.5, 0.6) is 0 Å². The van der Waals surface area contributed by atoms with Gasteiger partial charge in [-0.05, 0) is 103 Å². The SMILES string of the molecule is O=S(=O)(O)c1ccc(N=Nc2ccc(Nc3nc(Nc4ccc(N=Nc5cc(S(=O)(=O)O)c6cccc(S(=O)(=O)O)c6c5)cc4)nc(Nc4cccc(S(=O)(=O)O)c4)n3)c(S(=O)(=O)O)c2)cc1. The zero-order valence-corrected chi connectivity index (χ0v) is 37.1. The largest absolute Gasteiger partial charge is 0.324 e. The Balaban J connectivity index is 1.19. The average Bonchev–Trinajstić information content (AvgIpc) is 3.24. The highest BCUT2D eigenvalue weighted by molar-refractivity contribution is 7.87. The Morgan fingerprint density at radius 2 is 0.836 bits per heavy atom. The molecule has 7 aromatic rings. The minimum absolute atomic E-state index is 0.0678. The fourth-order valence-corrected chi connectivity index (χ4v) is 8.98. The Hall–Kier alpha value is -7.26. The topological polar surface area (TPSA) is 396 Å². The zero-order valence-electron chi connectivity index (χ0n) is 33.0. The molecule has 0 radical (unpaired) electrons. The number of nitrogens with one attached hydrogen (secondary N) is 3. The van der Waals surface area contributed by atoms with Gasteiger partial charge in [-0.2, -0.15) is 77.5 Å². The number of hydrogen-bond acceptors (Lipinski definition) is 20. The maximum atomic E-state index is 12.6. The minimum Gasteiger partial charge on any atom is -0.324 e. The van der Waals surface area contributed by atoms with Gasteiger partial charge in [0.15, 0.2) is 0 Å². The molecule has 0 unspecified atom stereocenters. The van der Waals surface area contributed by atoms with Crippen LogP contribution >= 0.6 is 0 Å². The lowest BCUT2D eigenvalue weighted by atomic mass is 10.1. The monoisotopic (exact) mass is 1010 g/mol. The van der Waals surface area contributed by atoms with Gasteiger partial charge in [-0.3, -0.25) is 22.8 Å². The highest BCUT2D eigenvalue weighted by Gasteiger charge is 2.22. The second kappa shape index (κ2) is 18.2. The molecule has 7 rings (SSSR count). The molecular weight excluding hydrogens is 985 g/mol. The maximum absolute atomic E-state index is 12.6. The summed E-state index contributed by atoms with van der Waals surface area (Å²) in [7, 11) is -23.9. The maximum Gasteiger partial charge on any atom is 0.296 e. The second-order valence-corrected chi connectivity index (χ2v) is 20.5. The Labute approximate surface area is 379 Å². The summed E-state index contributed by atoms with van der Waals surface area (Å²) in [6.07, 6.45) is 0. The first kappa shape index (κ1) is 47.7. The Kier molecular flexibility index (Phi) is 13.0. The molecule has 6 aromatic carbocycles. The molecule has 0 amide bonds. The van der Waals surface area contributed by atoms with E-state index >= 15 is 0 Å². The molecule has 1 heterocycles. The summed E-state index contributed by atoms with van der Waals surface area (Å²) in [6.45, 7) is 0.